The van der Waals surface area contributed by atoms with Gasteiger partial charge in [-0.25, -0.2) is 4.98 Å². The molecule has 3 aromatic rings. The van der Waals surface area contributed by atoms with Gasteiger partial charge in [-0.15, -0.1) is 23.7 Å². The number of halogens is 1. The number of hydrogen-bond donors (Lipinski definition) is 2. The fraction of sp³-hybridized carbons (Fsp3) is 0.375. The number of nitrogens with zero attached hydrogens (tertiary/aromatic N) is 2. The molecule has 2 bridgehead atoms. The molecule has 31 heavy (non-hydrogen) atoms. The van der Waals surface area contributed by atoms with Gasteiger partial charge in [0.25, 0.3) is 0 Å². The standard InChI is InChI=1S/C24H26N4OS.ClH/c29-23(26-12-10-20-16-30-22(28-20)18-7-4-11-25-15-18)24(13-17-5-2-1-3-6-17)14-19-8-9-21(24)27-19;/h1-7,11,15-16,19,21,27H,8-10,12-14H2,(H,26,29);1H/t19-,21+,24+;/m0./s1. The van der Waals surface area contributed by atoms with E-state index >= 15 is 0 Å². The van der Waals surface area contributed by atoms with Crippen LogP contribution in [0.1, 0.15) is 30.5 Å². The van der Waals surface area contributed by atoms with E-state index in [9.17, 15) is 4.79 Å². The van der Waals surface area contributed by atoms with Crippen molar-refractivity contribution in [2.45, 2.75) is 44.2 Å². The van der Waals surface area contributed by atoms with Crippen LogP contribution in [0.2, 0.25) is 0 Å². The minimum absolute atomic E-state index is 0. The van der Waals surface area contributed by atoms with Gasteiger partial charge in [0.1, 0.15) is 5.01 Å². The van der Waals surface area contributed by atoms with E-state index in [1.54, 1.807) is 17.5 Å². The van der Waals surface area contributed by atoms with E-state index < -0.39 is 0 Å². The molecule has 0 saturated carbocycles. The average Bonchev–Trinajstić information content (AvgIpc) is 3.52. The Balaban J connectivity index is 0.00000231. The van der Waals surface area contributed by atoms with E-state index in [1.807, 2.05) is 24.4 Å². The Morgan fingerprint density at radius 2 is 2.06 bits per heavy atom. The van der Waals surface area contributed by atoms with Crippen molar-refractivity contribution in [1.29, 1.82) is 0 Å². The van der Waals surface area contributed by atoms with Crippen LogP contribution in [0, 0.1) is 5.41 Å². The highest BCUT2D eigenvalue weighted by atomic mass is 35.5. The highest BCUT2D eigenvalue weighted by molar-refractivity contribution is 7.13. The van der Waals surface area contributed by atoms with Crippen molar-refractivity contribution in [1.82, 2.24) is 20.6 Å². The van der Waals surface area contributed by atoms with Crippen LogP contribution in [-0.4, -0.2) is 34.5 Å². The number of amides is 1. The maximum absolute atomic E-state index is 13.4. The van der Waals surface area contributed by atoms with Gasteiger partial charge in [0.05, 0.1) is 11.1 Å². The SMILES string of the molecule is Cl.O=C(NCCc1csc(-c2cccnc2)n1)[C@]1(Cc2ccccc2)C[C@@H]2CC[C@H]1N2. The largest absolute Gasteiger partial charge is 0.355 e. The molecule has 2 aliphatic heterocycles. The molecule has 0 spiro atoms. The fourth-order valence-electron chi connectivity index (χ4n) is 5.01. The molecule has 1 amide bonds. The molecule has 2 aliphatic rings. The minimum atomic E-state index is -0.340. The molecule has 5 nitrogen and oxygen atoms in total. The van der Waals surface area contributed by atoms with Crippen LogP contribution in [0.5, 0.6) is 0 Å². The van der Waals surface area contributed by atoms with Crippen LogP contribution < -0.4 is 10.6 Å². The third-order valence-corrected chi connectivity index (χ3v) is 7.40. The molecular formula is C24H27ClN4OS. The number of aromatic nitrogens is 2. The Kier molecular flexibility index (Phi) is 6.70. The van der Waals surface area contributed by atoms with Gasteiger partial charge in [-0.2, -0.15) is 0 Å². The van der Waals surface area contributed by atoms with E-state index in [-0.39, 0.29) is 29.8 Å². The summed E-state index contributed by atoms with van der Waals surface area (Å²) in [7, 11) is 0. The lowest BCUT2D eigenvalue weighted by Crippen LogP contribution is -2.50. The van der Waals surface area contributed by atoms with Crippen molar-refractivity contribution in [2.75, 3.05) is 6.54 Å². The van der Waals surface area contributed by atoms with Gasteiger partial charge in [0.15, 0.2) is 0 Å². The zero-order valence-corrected chi connectivity index (χ0v) is 18.9. The Morgan fingerprint density at radius 1 is 1.19 bits per heavy atom. The third kappa shape index (κ3) is 4.52. The number of carbonyl (C=O) groups is 1. The third-order valence-electron chi connectivity index (χ3n) is 6.46. The highest BCUT2D eigenvalue weighted by Gasteiger charge is 2.55. The summed E-state index contributed by atoms with van der Waals surface area (Å²) in [6.07, 6.45) is 8.35. The number of benzene rings is 1. The Labute approximate surface area is 193 Å². The van der Waals surface area contributed by atoms with Gasteiger partial charge < -0.3 is 10.6 Å². The summed E-state index contributed by atoms with van der Waals surface area (Å²) in [5.41, 5.74) is 2.95. The lowest BCUT2D eigenvalue weighted by Gasteiger charge is -2.35. The summed E-state index contributed by atoms with van der Waals surface area (Å²) in [5, 5.41) is 9.96. The van der Waals surface area contributed by atoms with E-state index in [4.69, 9.17) is 4.98 Å². The van der Waals surface area contributed by atoms with Gasteiger partial charge in [-0.3, -0.25) is 9.78 Å². The van der Waals surface area contributed by atoms with Crippen LogP contribution in [0.15, 0.2) is 60.2 Å². The first-order chi connectivity index (χ1) is 14.7. The molecule has 162 valence electrons. The van der Waals surface area contributed by atoms with Gasteiger partial charge >= 0.3 is 0 Å². The first kappa shape index (κ1) is 21.9. The van der Waals surface area contributed by atoms with Crippen LogP contribution in [0.25, 0.3) is 10.6 Å². The number of pyridine rings is 1. The zero-order chi connectivity index (χ0) is 20.4. The quantitative estimate of drug-likeness (QED) is 0.565. The first-order valence-corrected chi connectivity index (χ1v) is 11.5. The molecule has 7 heteroatoms. The molecule has 2 N–H and O–H groups in total. The summed E-state index contributed by atoms with van der Waals surface area (Å²) in [6.45, 7) is 0.614. The molecule has 3 atom stereocenters. The van der Waals surface area contributed by atoms with Gasteiger partial charge in [-0.05, 0) is 43.4 Å². The number of nitrogens with one attached hydrogen (secondary N) is 2. The monoisotopic (exact) mass is 454 g/mol. The van der Waals surface area contributed by atoms with Crippen molar-refractivity contribution in [3.63, 3.8) is 0 Å². The van der Waals surface area contributed by atoms with E-state index in [1.165, 1.54) is 12.0 Å². The van der Waals surface area contributed by atoms with Crippen LogP contribution in [0.3, 0.4) is 0 Å². The number of carbonyl (C=O) groups excluding carboxylic acids is 1. The van der Waals surface area contributed by atoms with Crippen molar-refractivity contribution in [3.8, 4) is 10.6 Å². The fourth-order valence-corrected chi connectivity index (χ4v) is 5.85. The van der Waals surface area contributed by atoms with Crippen molar-refractivity contribution < 1.29 is 4.79 Å². The predicted octanol–water partition coefficient (Wildman–Crippen LogP) is 4.04. The van der Waals surface area contributed by atoms with Gasteiger partial charge in [0.2, 0.25) is 5.91 Å². The molecule has 2 saturated heterocycles. The molecule has 4 heterocycles. The Morgan fingerprint density at radius 3 is 2.77 bits per heavy atom. The molecule has 0 radical (unpaired) electrons. The smallest absolute Gasteiger partial charge is 0.228 e. The summed E-state index contributed by atoms with van der Waals surface area (Å²) in [5.74, 6) is 0.189. The molecule has 1 aromatic carbocycles. The Hall–Kier alpha value is -2.28. The minimum Gasteiger partial charge on any atom is -0.355 e. The predicted molar refractivity (Wildman–Crippen MR) is 126 cm³/mol. The molecule has 0 unspecified atom stereocenters. The van der Waals surface area contributed by atoms with Crippen LogP contribution in [-0.2, 0) is 17.6 Å². The first-order valence-electron chi connectivity index (χ1n) is 10.7. The van der Waals surface area contributed by atoms with Gasteiger partial charge in [0, 0.05) is 48.4 Å². The average molecular weight is 455 g/mol. The Bertz CT molecular complexity index is 1010. The maximum atomic E-state index is 13.4. The lowest BCUT2D eigenvalue weighted by molar-refractivity contribution is -0.132. The van der Waals surface area contributed by atoms with E-state index in [2.05, 4.69) is 45.3 Å². The highest BCUT2D eigenvalue weighted by Crippen LogP contribution is 2.45. The van der Waals surface area contributed by atoms with Crippen LogP contribution >= 0.6 is 23.7 Å². The topological polar surface area (TPSA) is 66.9 Å². The number of rotatable bonds is 7. The van der Waals surface area contributed by atoms with Crippen molar-refractivity contribution in [3.05, 3.63) is 71.5 Å². The van der Waals surface area contributed by atoms with Crippen molar-refractivity contribution in [2.24, 2.45) is 5.41 Å². The summed E-state index contributed by atoms with van der Waals surface area (Å²) >= 11 is 1.62. The van der Waals surface area contributed by atoms with E-state index in [0.717, 1.165) is 41.9 Å². The molecule has 0 aliphatic carbocycles. The maximum Gasteiger partial charge on any atom is 0.228 e. The second-order valence-electron chi connectivity index (χ2n) is 8.41. The van der Waals surface area contributed by atoms with Crippen LogP contribution in [0.4, 0.5) is 0 Å². The molecular weight excluding hydrogens is 428 g/mol. The lowest BCUT2D eigenvalue weighted by atomic mass is 9.69. The molecule has 5 rings (SSSR count). The second kappa shape index (κ2) is 9.47. The number of thiazole rings is 1. The van der Waals surface area contributed by atoms with Crippen molar-refractivity contribution >= 4 is 29.7 Å². The van der Waals surface area contributed by atoms with E-state index in [0.29, 0.717) is 12.6 Å². The summed E-state index contributed by atoms with van der Waals surface area (Å²) in [6, 6.07) is 15.1. The second-order valence-corrected chi connectivity index (χ2v) is 9.27. The number of fused-ring (bicyclic) bond motifs is 2. The number of hydrogen-bond acceptors (Lipinski definition) is 5. The normalized spacial score (nSPS) is 24.0. The zero-order valence-electron chi connectivity index (χ0n) is 17.3. The summed E-state index contributed by atoms with van der Waals surface area (Å²) in [4.78, 5) is 22.3. The van der Waals surface area contributed by atoms with Gasteiger partial charge in [-0.1, -0.05) is 30.3 Å². The molecule has 2 aromatic heterocycles. The summed E-state index contributed by atoms with van der Waals surface area (Å²) < 4.78 is 0. The molecule has 2 fully saturated rings.